The molecule has 0 heterocycles. The molecule has 0 fully saturated rings. The average molecular weight is 243 g/mol. The van der Waals surface area contributed by atoms with Crippen LogP contribution in [-0.2, 0) is 9.40 Å². The van der Waals surface area contributed by atoms with Crippen LogP contribution in [0.1, 0.15) is 20.8 Å². The zero-order chi connectivity index (χ0) is 12.2. The highest BCUT2D eigenvalue weighted by atomic mass is 31.1. The number of nitrogens with zero attached hydrogens (tertiary/aromatic N) is 1. The number of rotatable bonds is 4. The monoisotopic (exact) mass is 243 g/mol. The van der Waals surface area contributed by atoms with Gasteiger partial charge in [0, 0.05) is 5.54 Å². The molecule has 16 heavy (non-hydrogen) atoms. The molecule has 0 saturated heterocycles. The van der Waals surface area contributed by atoms with Gasteiger partial charge in [-0.15, -0.1) is 0 Å². The maximum atomic E-state index is 12.0. The van der Waals surface area contributed by atoms with Gasteiger partial charge in [-0.25, -0.2) is 0 Å². The quantitative estimate of drug-likeness (QED) is 0.601. The summed E-state index contributed by atoms with van der Waals surface area (Å²) in [5.41, 5.74) is -0.362. The van der Waals surface area contributed by atoms with E-state index < -0.39 is 8.18 Å². The van der Waals surface area contributed by atoms with Crippen LogP contribution in [0.15, 0.2) is 30.3 Å². The van der Waals surface area contributed by atoms with Crippen LogP contribution in [0.3, 0.4) is 0 Å². The van der Waals surface area contributed by atoms with Crippen molar-refractivity contribution in [2.24, 2.45) is 0 Å². The highest BCUT2D eigenvalue weighted by molar-refractivity contribution is 7.36. The first-order valence-corrected chi connectivity index (χ1v) is 6.32. The highest BCUT2D eigenvalue weighted by Crippen LogP contribution is 2.36. The predicted octanol–water partition coefficient (Wildman–Crippen LogP) is 3.12. The third-order valence-electron chi connectivity index (χ3n) is 1.91. The zero-order valence-corrected chi connectivity index (χ0v) is 11.1. The molecule has 1 rings (SSSR count). The largest absolute Gasteiger partial charge is 0.433 e. The Morgan fingerprint density at radius 2 is 1.75 bits per heavy atom. The van der Waals surface area contributed by atoms with E-state index >= 15 is 0 Å². The van der Waals surface area contributed by atoms with Crippen LogP contribution in [0.5, 0.6) is 5.75 Å². The fourth-order valence-corrected chi connectivity index (χ4v) is 2.37. The molecule has 0 aliphatic rings. The van der Waals surface area contributed by atoms with Crippen LogP contribution in [-0.4, -0.2) is 17.5 Å². The minimum absolute atomic E-state index is 0.362. The zero-order valence-electron chi connectivity index (χ0n) is 10.1. The Morgan fingerprint density at radius 1 is 1.19 bits per heavy atom. The van der Waals surface area contributed by atoms with Gasteiger partial charge in [0.2, 0.25) is 0 Å². The molecule has 0 bridgehead atoms. The maximum absolute atomic E-state index is 12.0. The van der Waals surface area contributed by atoms with E-state index in [-0.39, 0.29) is 5.54 Å². The van der Waals surface area contributed by atoms with Crippen molar-refractivity contribution in [2.75, 3.05) is 7.11 Å². The lowest BCUT2D eigenvalue weighted by atomic mass is 10.1. The van der Waals surface area contributed by atoms with E-state index in [1.807, 2.05) is 39.0 Å². The molecule has 4 nitrogen and oxygen atoms in total. The summed E-state index contributed by atoms with van der Waals surface area (Å²) in [6.45, 7) is 5.73. The van der Waals surface area contributed by atoms with Crippen molar-refractivity contribution < 1.29 is 13.9 Å². The predicted molar refractivity (Wildman–Crippen MR) is 64.7 cm³/mol. The van der Waals surface area contributed by atoms with Gasteiger partial charge >= 0.3 is 8.18 Å². The summed E-state index contributed by atoms with van der Waals surface area (Å²) in [7, 11) is -0.939. The lowest BCUT2D eigenvalue weighted by Gasteiger charge is -2.31. The van der Waals surface area contributed by atoms with Gasteiger partial charge in [0.15, 0.2) is 0 Å². The topological polar surface area (TPSA) is 38.8 Å². The molecule has 1 unspecified atom stereocenters. The first kappa shape index (κ1) is 13.2. The Hall–Kier alpha value is -0.830. The molecule has 0 aliphatic carbocycles. The van der Waals surface area contributed by atoms with Crippen LogP contribution in [0.25, 0.3) is 0 Å². The maximum Gasteiger partial charge on any atom is 0.331 e. The molecule has 0 aliphatic heterocycles. The lowest BCUT2D eigenvalue weighted by molar-refractivity contribution is -0.112. The van der Waals surface area contributed by atoms with Crippen molar-refractivity contribution in [3.63, 3.8) is 0 Å². The van der Waals surface area contributed by atoms with Gasteiger partial charge in [-0.1, -0.05) is 23.0 Å². The Morgan fingerprint density at radius 3 is 2.19 bits per heavy atom. The summed E-state index contributed by atoms with van der Waals surface area (Å²) in [6, 6.07) is 9.07. The Balaban J connectivity index is 2.71. The fourth-order valence-electron chi connectivity index (χ4n) is 1.25. The Bertz CT molecular complexity index is 348. The summed E-state index contributed by atoms with van der Waals surface area (Å²) < 4.78 is 17.3. The number of para-hydroxylation sites is 1. The molecule has 0 amide bonds. The van der Waals surface area contributed by atoms with E-state index in [9.17, 15) is 4.57 Å². The minimum Gasteiger partial charge on any atom is -0.433 e. The van der Waals surface area contributed by atoms with E-state index in [4.69, 9.17) is 9.36 Å². The molecule has 0 saturated carbocycles. The number of hydroxylamine groups is 1. The van der Waals surface area contributed by atoms with Gasteiger partial charge < -0.3 is 4.52 Å². The highest BCUT2D eigenvalue weighted by Gasteiger charge is 2.27. The van der Waals surface area contributed by atoms with Crippen molar-refractivity contribution in [1.82, 2.24) is 4.83 Å². The summed E-state index contributed by atoms with van der Waals surface area (Å²) in [5.74, 6) is 0.581. The van der Waals surface area contributed by atoms with Crippen LogP contribution in [0, 0.1) is 0 Å². The van der Waals surface area contributed by atoms with E-state index in [2.05, 4.69) is 0 Å². The van der Waals surface area contributed by atoms with Crippen LogP contribution in [0.2, 0.25) is 0 Å². The average Bonchev–Trinajstić information content (AvgIpc) is 2.17. The van der Waals surface area contributed by atoms with Crippen molar-refractivity contribution >= 4 is 8.18 Å². The van der Waals surface area contributed by atoms with Crippen molar-refractivity contribution in [2.45, 2.75) is 26.3 Å². The number of benzene rings is 1. The fraction of sp³-hybridized carbons (Fsp3) is 0.455. The van der Waals surface area contributed by atoms with Crippen LogP contribution >= 0.6 is 8.18 Å². The molecule has 1 aromatic rings. The normalized spacial score (nSPS) is 13.8. The number of hydrogen-bond acceptors (Lipinski definition) is 3. The van der Waals surface area contributed by atoms with Gasteiger partial charge in [0.05, 0.1) is 7.11 Å². The van der Waals surface area contributed by atoms with Gasteiger partial charge in [-0.05, 0) is 32.9 Å². The van der Waals surface area contributed by atoms with E-state index in [1.165, 1.54) is 11.9 Å². The molecule has 5 heteroatoms. The molecule has 0 radical (unpaired) electrons. The summed E-state index contributed by atoms with van der Waals surface area (Å²) in [5, 5.41) is 0. The molecular weight excluding hydrogens is 225 g/mol. The second-order valence-corrected chi connectivity index (χ2v) is 5.47. The van der Waals surface area contributed by atoms with E-state index in [0.29, 0.717) is 5.75 Å². The summed E-state index contributed by atoms with van der Waals surface area (Å²) >= 11 is 0. The molecule has 0 aromatic heterocycles. The van der Waals surface area contributed by atoms with Crippen LogP contribution < -0.4 is 4.52 Å². The number of hydrogen-bond donors (Lipinski definition) is 0. The lowest BCUT2D eigenvalue weighted by Crippen LogP contribution is -2.35. The standard InChI is InChI=1S/C11H18NO3P/c1-11(2,3)12(14-4)16(13)15-10-8-6-5-7-9-10/h5-9,16H,1-4H3. The SMILES string of the molecule is CON([PH](=O)Oc1ccccc1)C(C)(C)C. The van der Waals surface area contributed by atoms with Gasteiger partial charge in [-0.3, -0.25) is 9.40 Å². The molecule has 90 valence electrons. The van der Waals surface area contributed by atoms with Crippen LogP contribution in [0.4, 0.5) is 0 Å². The van der Waals surface area contributed by atoms with Crippen molar-refractivity contribution in [3.8, 4) is 5.75 Å². The second-order valence-electron chi connectivity index (χ2n) is 4.33. The molecule has 0 spiro atoms. The summed E-state index contributed by atoms with van der Waals surface area (Å²) in [4.78, 5) is 6.47. The Labute approximate surface area is 97.0 Å². The summed E-state index contributed by atoms with van der Waals surface area (Å²) in [6.07, 6.45) is 0. The minimum atomic E-state index is -2.43. The molecule has 1 aromatic carbocycles. The molecular formula is C11H18NO3P. The first-order chi connectivity index (χ1) is 7.45. The van der Waals surface area contributed by atoms with Crippen molar-refractivity contribution in [1.29, 1.82) is 0 Å². The molecule has 0 N–H and O–H groups in total. The first-order valence-electron chi connectivity index (χ1n) is 5.06. The van der Waals surface area contributed by atoms with E-state index in [1.54, 1.807) is 12.1 Å². The second kappa shape index (κ2) is 5.48. The smallest absolute Gasteiger partial charge is 0.331 e. The third-order valence-corrected chi connectivity index (χ3v) is 3.50. The van der Waals surface area contributed by atoms with Gasteiger partial charge in [-0.2, -0.15) is 0 Å². The van der Waals surface area contributed by atoms with E-state index in [0.717, 1.165) is 0 Å². The van der Waals surface area contributed by atoms with Gasteiger partial charge in [0.1, 0.15) is 5.75 Å². The van der Waals surface area contributed by atoms with Gasteiger partial charge in [0.25, 0.3) is 0 Å². The Kier molecular flexibility index (Phi) is 4.54. The third kappa shape index (κ3) is 3.63. The molecule has 1 atom stereocenters. The van der Waals surface area contributed by atoms with Crippen molar-refractivity contribution in [3.05, 3.63) is 30.3 Å².